The van der Waals surface area contributed by atoms with E-state index in [4.69, 9.17) is 16.3 Å². The summed E-state index contributed by atoms with van der Waals surface area (Å²) >= 11 is 6.35. The third-order valence-corrected chi connectivity index (χ3v) is 6.43. The molecule has 3 unspecified atom stereocenters. The monoisotopic (exact) mass is 460 g/mol. The predicted octanol–water partition coefficient (Wildman–Crippen LogP) is 2.29. The zero-order valence-electron chi connectivity index (χ0n) is 17.7. The first-order valence-corrected chi connectivity index (χ1v) is 11.2. The molecule has 5 rings (SSSR count). The lowest BCUT2D eigenvalue weighted by Crippen LogP contribution is -2.55. The molecular formula is C23H26ClFN4O3. The van der Waals surface area contributed by atoms with E-state index < -0.39 is 29.7 Å². The van der Waals surface area contributed by atoms with Crippen molar-refractivity contribution in [2.24, 2.45) is 0 Å². The van der Waals surface area contributed by atoms with Gasteiger partial charge in [0.2, 0.25) is 11.8 Å². The Bertz CT molecular complexity index is 959. The van der Waals surface area contributed by atoms with Gasteiger partial charge in [0.05, 0.1) is 17.1 Å². The molecule has 1 aromatic carbocycles. The molecule has 4 aliphatic rings. The van der Waals surface area contributed by atoms with E-state index in [1.54, 1.807) is 18.2 Å². The van der Waals surface area contributed by atoms with Crippen LogP contribution in [0, 0.1) is 11.3 Å². The summed E-state index contributed by atoms with van der Waals surface area (Å²) in [7, 11) is 0. The van der Waals surface area contributed by atoms with Gasteiger partial charge in [-0.3, -0.25) is 14.5 Å². The quantitative estimate of drug-likeness (QED) is 0.660. The molecule has 1 aliphatic carbocycles. The highest BCUT2D eigenvalue weighted by Gasteiger charge is 2.46. The number of amides is 2. The van der Waals surface area contributed by atoms with E-state index in [2.05, 4.69) is 16.7 Å². The van der Waals surface area contributed by atoms with Gasteiger partial charge in [-0.15, -0.1) is 0 Å². The summed E-state index contributed by atoms with van der Waals surface area (Å²) in [6, 6.07) is 5.80. The Labute approximate surface area is 191 Å². The number of alkyl halides is 1. The number of ether oxygens (including phenoxy) is 1. The first-order chi connectivity index (χ1) is 15.4. The maximum atomic E-state index is 14.1. The number of fused-ring (bicyclic) bond motifs is 9. The highest BCUT2D eigenvalue weighted by atomic mass is 35.5. The Morgan fingerprint density at radius 3 is 2.91 bits per heavy atom. The van der Waals surface area contributed by atoms with Crippen molar-refractivity contribution in [3.05, 3.63) is 40.9 Å². The highest BCUT2D eigenvalue weighted by molar-refractivity contribution is 6.32. The van der Waals surface area contributed by atoms with Crippen LogP contribution in [0.1, 0.15) is 31.2 Å². The van der Waals surface area contributed by atoms with E-state index in [1.807, 2.05) is 17.1 Å². The largest absolute Gasteiger partial charge is 0.488 e. The van der Waals surface area contributed by atoms with Gasteiger partial charge >= 0.3 is 0 Å². The van der Waals surface area contributed by atoms with Gasteiger partial charge in [-0.2, -0.15) is 5.26 Å². The molecule has 3 heterocycles. The minimum atomic E-state index is -1.09. The summed E-state index contributed by atoms with van der Waals surface area (Å²) < 4.78 is 19.8. The lowest BCUT2D eigenvalue weighted by molar-refractivity contribution is -0.131. The van der Waals surface area contributed by atoms with Gasteiger partial charge in [-0.1, -0.05) is 29.8 Å². The molecule has 0 radical (unpaired) electrons. The van der Waals surface area contributed by atoms with Crippen LogP contribution in [0.3, 0.4) is 0 Å². The van der Waals surface area contributed by atoms with Gasteiger partial charge in [-0.25, -0.2) is 4.39 Å². The Balaban J connectivity index is 1.60. The smallest absolute Gasteiger partial charge is 0.244 e. The molecule has 1 saturated heterocycles. The summed E-state index contributed by atoms with van der Waals surface area (Å²) in [5.74, 6) is -0.285. The molecule has 7 nitrogen and oxygen atoms in total. The number of benzene rings is 1. The average Bonchev–Trinajstić information content (AvgIpc) is 3.43. The summed E-state index contributed by atoms with van der Waals surface area (Å²) in [6.45, 7) is 1.06. The number of carbonyl (C=O) groups is 2. The number of nitrogens with one attached hydrogen (secondary N) is 2. The standard InChI is InChI=1S/C23H26ClFN4O3/c24-17-10-15-4-5-20(17)32-9-3-1-2-8-29-13-16(25)12-19(29)22(31)27-18(11-15)21(30)28-23(14-26)6-7-23/h1,3-5,10,16,18-19H,2,6-9,11-13H2,(H,27,31)(H,28,30). The fourth-order valence-electron chi connectivity index (χ4n) is 4.15. The third-order valence-electron chi connectivity index (χ3n) is 6.14. The van der Waals surface area contributed by atoms with Crippen LogP contribution < -0.4 is 15.4 Å². The molecule has 2 amide bonds. The van der Waals surface area contributed by atoms with Gasteiger partial charge in [0.15, 0.2) is 0 Å². The molecule has 0 aromatic heterocycles. The minimum absolute atomic E-state index is 0.0929. The van der Waals surface area contributed by atoms with Crippen LogP contribution in [0.2, 0.25) is 5.02 Å². The van der Waals surface area contributed by atoms with Gasteiger partial charge in [0.1, 0.15) is 30.1 Å². The number of carbonyl (C=O) groups excluding carboxylic acids is 2. The lowest BCUT2D eigenvalue weighted by Gasteiger charge is -2.26. The highest BCUT2D eigenvalue weighted by Crippen LogP contribution is 2.34. The zero-order valence-corrected chi connectivity index (χ0v) is 18.4. The SMILES string of the molecule is N#CC1(NC(=O)C2Cc3ccc(c(Cl)c3)OCC=CCCN3CC(F)CC3C(=O)N2)CC1. The van der Waals surface area contributed by atoms with Crippen LogP contribution in [0.25, 0.3) is 0 Å². The van der Waals surface area contributed by atoms with Crippen LogP contribution >= 0.6 is 11.6 Å². The number of rotatable bonds is 2. The van der Waals surface area contributed by atoms with Crippen molar-refractivity contribution in [3.63, 3.8) is 0 Å². The zero-order chi connectivity index (χ0) is 22.7. The molecule has 9 heteroatoms. The number of hydrogen-bond acceptors (Lipinski definition) is 5. The molecule has 2 bridgehead atoms. The normalized spacial score (nSPS) is 27.7. The summed E-state index contributed by atoms with van der Waals surface area (Å²) in [5, 5.41) is 15.3. The van der Waals surface area contributed by atoms with Gasteiger partial charge in [-0.05, 0) is 37.0 Å². The van der Waals surface area contributed by atoms with Crippen molar-refractivity contribution in [2.75, 3.05) is 19.7 Å². The van der Waals surface area contributed by atoms with Crippen molar-refractivity contribution < 1.29 is 18.7 Å². The molecule has 2 N–H and O–H groups in total. The average molecular weight is 461 g/mol. The van der Waals surface area contributed by atoms with E-state index in [9.17, 15) is 19.2 Å². The topological polar surface area (TPSA) is 94.5 Å². The molecule has 170 valence electrons. The molecule has 3 aliphatic heterocycles. The van der Waals surface area contributed by atoms with Gasteiger partial charge in [0.25, 0.3) is 0 Å². The molecule has 2 fully saturated rings. The van der Waals surface area contributed by atoms with Crippen molar-refractivity contribution in [3.8, 4) is 11.8 Å². The fraction of sp³-hybridized carbons (Fsp3) is 0.522. The van der Waals surface area contributed by atoms with E-state index in [-0.39, 0.29) is 25.3 Å². The van der Waals surface area contributed by atoms with Crippen molar-refractivity contribution in [1.82, 2.24) is 15.5 Å². The van der Waals surface area contributed by atoms with E-state index in [1.165, 1.54) is 0 Å². The second-order valence-corrected chi connectivity index (χ2v) is 9.04. The van der Waals surface area contributed by atoms with Gasteiger partial charge in [0, 0.05) is 25.9 Å². The maximum absolute atomic E-state index is 14.1. The Kier molecular flexibility index (Phi) is 6.68. The first-order valence-electron chi connectivity index (χ1n) is 10.9. The number of hydrogen-bond donors (Lipinski definition) is 2. The summed E-state index contributed by atoms with van der Waals surface area (Å²) in [4.78, 5) is 27.9. The van der Waals surface area contributed by atoms with E-state index in [0.717, 1.165) is 5.56 Å². The van der Waals surface area contributed by atoms with E-state index in [0.29, 0.717) is 43.2 Å². The predicted molar refractivity (Wildman–Crippen MR) is 117 cm³/mol. The van der Waals surface area contributed by atoms with Crippen LogP contribution in [0.5, 0.6) is 5.75 Å². The molecule has 3 atom stereocenters. The Morgan fingerprint density at radius 2 is 2.19 bits per heavy atom. The molecular weight excluding hydrogens is 435 g/mol. The van der Waals surface area contributed by atoms with Crippen molar-refractivity contribution in [2.45, 2.75) is 55.9 Å². The second kappa shape index (κ2) is 9.47. The number of halogens is 2. The molecule has 32 heavy (non-hydrogen) atoms. The molecule has 1 aromatic rings. The second-order valence-electron chi connectivity index (χ2n) is 8.63. The summed E-state index contributed by atoms with van der Waals surface area (Å²) in [5.41, 5.74) is -0.124. The maximum Gasteiger partial charge on any atom is 0.244 e. The number of nitriles is 1. The van der Waals surface area contributed by atoms with Crippen LogP contribution in [0.15, 0.2) is 30.4 Å². The fourth-order valence-corrected chi connectivity index (χ4v) is 4.40. The summed E-state index contributed by atoms with van der Waals surface area (Å²) in [6.07, 6.45) is 4.80. The van der Waals surface area contributed by atoms with Gasteiger partial charge < -0.3 is 15.4 Å². The lowest BCUT2D eigenvalue weighted by atomic mass is 10.0. The molecule has 1 saturated carbocycles. The Morgan fingerprint density at radius 1 is 1.38 bits per heavy atom. The van der Waals surface area contributed by atoms with Crippen LogP contribution in [-0.4, -0.2) is 60.2 Å². The Hall–Kier alpha value is -2.63. The van der Waals surface area contributed by atoms with Crippen molar-refractivity contribution >= 4 is 23.4 Å². The molecule has 0 spiro atoms. The van der Waals surface area contributed by atoms with Crippen LogP contribution in [-0.2, 0) is 16.0 Å². The van der Waals surface area contributed by atoms with Crippen LogP contribution in [0.4, 0.5) is 4.39 Å². The third kappa shape index (κ3) is 5.22. The number of nitrogens with zero attached hydrogens (tertiary/aromatic N) is 2. The minimum Gasteiger partial charge on any atom is -0.488 e. The first kappa shape index (κ1) is 22.6. The van der Waals surface area contributed by atoms with Crippen molar-refractivity contribution in [1.29, 1.82) is 5.26 Å². The van der Waals surface area contributed by atoms with E-state index >= 15 is 0 Å².